The Morgan fingerprint density at radius 1 is 1.54 bits per heavy atom. The molecule has 1 rings (SSSR count). The van der Waals surface area contributed by atoms with Crippen LogP contribution in [0.3, 0.4) is 0 Å². The number of aliphatic carboxylic acids is 1. The fraction of sp³-hybridized carbons (Fsp3) is 0.222. The van der Waals surface area contributed by atoms with Gasteiger partial charge >= 0.3 is 5.97 Å². The highest BCUT2D eigenvalue weighted by molar-refractivity contribution is 6.29. The summed E-state index contributed by atoms with van der Waals surface area (Å²) in [6.45, 7) is 0. The molecule has 0 aliphatic rings. The Morgan fingerprint density at radius 3 is 2.69 bits per heavy atom. The fourth-order valence-corrected chi connectivity index (χ4v) is 1.17. The van der Waals surface area contributed by atoms with Crippen LogP contribution in [-0.4, -0.2) is 16.5 Å². The minimum atomic E-state index is -1.02. The van der Waals surface area contributed by atoms with Crippen LogP contribution in [0.5, 0.6) is 0 Å². The van der Waals surface area contributed by atoms with Crippen LogP contribution in [-0.2, 0) is 11.2 Å². The van der Waals surface area contributed by atoms with E-state index in [-0.39, 0.29) is 6.42 Å². The number of nitrogens with two attached hydrogens (primary N) is 1. The molecule has 0 radical (unpaired) electrons. The summed E-state index contributed by atoms with van der Waals surface area (Å²) in [6, 6.07) is 7.09. The topological polar surface area (TPSA) is 63.3 Å². The SMILES string of the molecule is Nc1ccccc1CC(Cl)C(=O)O. The molecule has 13 heavy (non-hydrogen) atoms. The van der Waals surface area contributed by atoms with Gasteiger partial charge in [0, 0.05) is 12.1 Å². The molecule has 0 saturated carbocycles. The molecule has 4 heteroatoms. The van der Waals surface area contributed by atoms with E-state index in [9.17, 15) is 4.79 Å². The lowest BCUT2D eigenvalue weighted by atomic mass is 10.1. The van der Waals surface area contributed by atoms with Crippen molar-refractivity contribution in [2.75, 3.05) is 5.73 Å². The standard InChI is InChI=1S/C9H10ClNO2/c10-7(9(12)13)5-6-3-1-2-4-8(6)11/h1-4,7H,5,11H2,(H,12,13). The van der Waals surface area contributed by atoms with Gasteiger partial charge in [0.15, 0.2) is 0 Å². The second-order valence-corrected chi connectivity index (χ2v) is 3.24. The van der Waals surface area contributed by atoms with Crippen LogP contribution in [0.1, 0.15) is 5.56 Å². The normalized spacial score (nSPS) is 12.4. The highest BCUT2D eigenvalue weighted by Gasteiger charge is 2.14. The third kappa shape index (κ3) is 2.63. The lowest BCUT2D eigenvalue weighted by Crippen LogP contribution is -2.16. The number of benzene rings is 1. The lowest BCUT2D eigenvalue weighted by molar-refractivity contribution is -0.136. The Morgan fingerprint density at radius 2 is 2.15 bits per heavy atom. The number of carboxylic acid groups (broad SMARTS) is 1. The molecule has 1 aromatic rings. The number of halogens is 1. The Labute approximate surface area is 81.1 Å². The van der Waals surface area contributed by atoms with Crippen molar-refractivity contribution in [1.82, 2.24) is 0 Å². The molecular formula is C9H10ClNO2. The van der Waals surface area contributed by atoms with E-state index in [0.29, 0.717) is 5.69 Å². The van der Waals surface area contributed by atoms with Gasteiger partial charge in [0.1, 0.15) is 5.38 Å². The molecule has 0 heterocycles. The van der Waals surface area contributed by atoms with Crippen molar-refractivity contribution in [2.24, 2.45) is 0 Å². The average Bonchev–Trinajstić information content (AvgIpc) is 2.08. The predicted octanol–water partition coefficient (Wildman–Crippen LogP) is 1.50. The van der Waals surface area contributed by atoms with Crippen molar-refractivity contribution in [3.05, 3.63) is 29.8 Å². The maximum absolute atomic E-state index is 10.4. The minimum absolute atomic E-state index is 0.254. The van der Waals surface area contributed by atoms with E-state index in [2.05, 4.69) is 0 Å². The number of hydrogen-bond acceptors (Lipinski definition) is 2. The van der Waals surface area contributed by atoms with Crippen molar-refractivity contribution >= 4 is 23.3 Å². The summed E-state index contributed by atoms with van der Waals surface area (Å²) >= 11 is 5.57. The predicted molar refractivity (Wildman–Crippen MR) is 51.8 cm³/mol. The molecule has 1 unspecified atom stereocenters. The van der Waals surface area contributed by atoms with Crippen LogP contribution >= 0.6 is 11.6 Å². The maximum atomic E-state index is 10.4. The van der Waals surface area contributed by atoms with Crippen molar-refractivity contribution in [3.8, 4) is 0 Å². The van der Waals surface area contributed by atoms with Crippen molar-refractivity contribution < 1.29 is 9.90 Å². The molecule has 70 valence electrons. The Balaban J connectivity index is 2.74. The van der Waals surface area contributed by atoms with E-state index in [1.54, 1.807) is 24.3 Å². The van der Waals surface area contributed by atoms with Gasteiger partial charge in [-0.1, -0.05) is 18.2 Å². The molecule has 0 fully saturated rings. The summed E-state index contributed by atoms with van der Waals surface area (Å²) < 4.78 is 0. The van der Waals surface area contributed by atoms with Crippen molar-refractivity contribution in [1.29, 1.82) is 0 Å². The summed E-state index contributed by atoms with van der Waals surface area (Å²) in [4.78, 5) is 10.4. The number of nitrogen functional groups attached to an aromatic ring is 1. The van der Waals surface area contributed by atoms with E-state index in [0.717, 1.165) is 5.56 Å². The van der Waals surface area contributed by atoms with Gasteiger partial charge in [0.05, 0.1) is 0 Å². The summed E-state index contributed by atoms with van der Waals surface area (Å²) in [5, 5.41) is 7.65. The van der Waals surface area contributed by atoms with Gasteiger partial charge in [-0.3, -0.25) is 4.79 Å². The molecule has 0 amide bonds. The van der Waals surface area contributed by atoms with Crippen LogP contribution in [0.15, 0.2) is 24.3 Å². The third-order valence-corrected chi connectivity index (χ3v) is 2.06. The molecule has 0 aromatic heterocycles. The number of alkyl halides is 1. The number of anilines is 1. The van der Waals surface area contributed by atoms with Gasteiger partial charge in [-0.15, -0.1) is 11.6 Å². The molecule has 3 nitrogen and oxygen atoms in total. The number of para-hydroxylation sites is 1. The molecule has 0 spiro atoms. The molecule has 0 aliphatic carbocycles. The highest BCUT2D eigenvalue weighted by atomic mass is 35.5. The molecule has 0 aliphatic heterocycles. The van der Waals surface area contributed by atoms with Gasteiger partial charge in [-0.2, -0.15) is 0 Å². The smallest absolute Gasteiger partial charge is 0.321 e. The van der Waals surface area contributed by atoms with Crippen LogP contribution in [0, 0.1) is 0 Å². The molecular weight excluding hydrogens is 190 g/mol. The van der Waals surface area contributed by atoms with Gasteiger partial charge in [-0.25, -0.2) is 0 Å². The molecule has 0 bridgehead atoms. The van der Waals surface area contributed by atoms with E-state index in [1.165, 1.54) is 0 Å². The van der Waals surface area contributed by atoms with Crippen LogP contribution in [0.2, 0.25) is 0 Å². The largest absolute Gasteiger partial charge is 0.480 e. The first-order valence-electron chi connectivity index (χ1n) is 3.81. The zero-order valence-corrected chi connectivity index (χ0v) is 7.66. The molecule has 3 N–H and O–H groups in total. The zero-order valence-electron chi connectivity index (χ0n) is 6.90. The van der Waals surface area contributed by atoms with E-state index >= 15 is 0 Å². The first kappa shape index (κ1) is 9.86. The molecule has 1 aromatic carbocycles. The summed E-state index contributed by atoms with van der Waals surface area (Å²) in [5.41, 5.74) is 6.96. The second kappa shape index (κ2) is 4.14. The summed E-state index contributed by atoms with van der Waals surface area (Å²) in [6.07, 6.45) is 0.254. The number of rotatable bonds is 3. The Kier molecular flexibility index (Phi) is 3.14. The second-order valence-electron chi connectivity index (χ2n) is 2.71. The molecule has 0 saturated heterocycles. The van der Waals surface area contributed by atoms with Crippen molar-refractivity contribution in [3.63, 3.8) is 0 Å². The third-order valence-electron chi connectivity index (χ3n) is 1.72. The summed E-state index contributed by atoms with van der Waals surface area (Å²) in [5.74, 6) is -1.02. The zero-order chi connectivity index (χ0) is 9.84. The number of carboxylic acids is 1. The summed E-state index contributed by atoms with van der Waals surface area (Å²) in [7, 11) is 0. The van der Waals surface area contributed by atoms with Gasteiger partial charge < -0.3 is 10.8 Å². The quantitative estimate of drug-likeness (QED) is 0.573. The van der Waals surface area contributed by atoms with Crippen LogP contribution < -0.4 is 5.73 Å². The minimum Gasteiger partial charge on any atom is -0.480 e. The maximum Gasteiger partial charge on any atom is 0.321 e. The van der Waals surface area contributed by atoms with Gasteiger partial charge in [0.25, 0.3) is 0 Å². The van der Waals surface area contributed by atoms with E-state index < -0.39 is 11.3 Å². The van der Waals surface area contributed by atoms with Gasteiger partial charge in [0.2, 0.25) is 0 Å². The van der Waals surface area contributed by atoms with Gasteiger partial charge in [-0.05, 0) is 11.6 Å². The Bertz CT molecular complexity index is 314. The highest BCUT2D eigenvalue weighted by Crippen LogP contribution is 2.15. The molecule has 1 atom stereocenters. The van der Waals surface area contributed by atoms with E-state index in [1.807, 2.05) is 0 Å². The number of hydrogen-bond donors (Lipinski definition) is 2. The van der Waals surface area contributed by atoms with E-state index in [4.69, 9.17) is 22.4 Å². The first-order chi connectivity index (χ1) is 6.11. The fourth-order valence-electron chi connectivity index (χ4n) is 1.00. The Hall–Kier alpha value is -1.22. The monoisotopic (exact) mass is 199 g/mol. The van der Waals surface area contributed by atoms with Crippen molar-refractivity contribution in [2.45, 2.75) is 11.8 Å². The van der Waals surface area contributed by atoms with Crippen LogP contribution in [0.4, 0.5) is 5.69 Å². The number of carbonyl (C=O) groups is 1. The average molecular weight is 200 g/mol. The lowest BCUT2D eigenvalue weighted by Gasteiger charge is -2.06. The first-order valence-corrected chi connectivity index (χ1v) is 4.25. The van der Waals surface area contributed by atoms with Crippen LogP contribution in [0.25, 0.3) is 0 Å².